The molecule has 1 fully saturated rings. The molecule has 1 rings (SSSR count). The van der Waals surface area contributed by atoms with Gasteiger partial charge in [0.15, 0.2) is 0 Å². The SMILES string of the molecule is CC1(C)CC[B]CC1. The molecule has 1 saturated heterocycles. The summed E-state index contributed by atoms with van der Waals surface area (Å²) in [4.78, 5) is 0. The predicted molar refractivity (Wildman–Crippen MR) is 38.4 cm³/mol. The lowest BCUT2D eigenvalue weighted by atomic mass is 9.57. The highest BCUT2D eigenvalue weighted by molar-refractivity contribution is 6.35. The maximum Gasteiger partial charge on any atom is 0.109 e. The topological polar surface area (TPSA) is 0 Å². The molecule has 1 radical (unpaired) electrons. The molecule has 8 heavy (non-hydrogen) atoms. The van der Waals surface area contributed by atoms with Crippen LogP contribution in [-0.2, 0) is 0 Å². The van der Waals surface area contributed by atoms with Gasteiger partial charge < -0.3 is 0 Å². The van der Waals surface area contributed by atoms with Crippen molar-refractivity contribution < 1.29 is 0 Å². The molecule has 0 amide bonds. The minimum atomic E-state index is 0.648. The molecule has 1 heteroatoms. The van der Waals surface area contributed by atoms with Crippen molar-refractivity contribution in [3.8, 4) is 0 Å². The molecule has 0 bridgehead atoms. The standard InChI is InChI=1S/C7H14B/c1-7(2)3-5-8-6-4-7/h3-6H2,1-2H3. The first-order chi connectivity index (χ1) is 3.71. The molecule has 45 valence electrons. The number of hydrogen-bond donors (Lipinski definition) is 0. The van der Waals surface area contributed by atoms with E-state index in [0.717, 1.165) is 0 Å². The Bertz CT molecular complexity index is 68.5. The molecule has 0 unspecified atom stereocenters. The second-order valence-electron chi connectivity index (χ2n) is 3.53. The average molecular weight is 109 g/mol. The predicted octanol–water partition coefficient (Wildman–Crippen LogP) is 2.35. The third-order valence-electron chi connectivity index (χ3n) is 2.05. The van der Waals surface area contributed by atoms with Crippen molar-refractivity contribution in [1.29, 1.82) is 0 Å². The molecule has 0 aromatic heterocycles. The summed E-state index contributed by atoms with van der Waals surface area (Å²) in [5, 5.41) is 0. The van der Waals surface area contributed by atoms with Crippen molar-refractivity contribution in [3.05, 3.63) is 0 Å². The van der Waals surface area contributed by atoms with E-state index in [1.54, 1.807) is 0 Å². The largest absolute Gasteiger partial charge is 0.109 e. The van der Waals surface area contributed by atoms with Crippen molar-refractivity contribution in [2.45, 2.75) is 39.3 Å². The van der Waals surface area contributed by atoms with E-state index < -0.39 is 0 Å². The summed E-state index contributed by atoms with van der Waals surface area (Å²) in [6, 6.07) is 0. The quantitative estimate of drug-likeness (QED) is 0.419. The summed E-state index contributed by atoms with van der Waals surface area (Å²) in [6.07, 6.45) is 5.47. The normalized spacial score (nSPS) is 26.8. The van der Waals surface area contributed by atoms with Crippen LogP contribution < -0.4 is 0 Å². The minimum absolute atomic E-state index is 0.648. The molecule has 1 aliphatic rings. The molecular weight excluding hydrogens is 94.9 g/mol. The van der Waals surface area contributed by atoms with Crippen LogP contribution in [0.25, 0.3) is 0 Å². The van der Waals surface area contributed by atoms with E-state index in [1.807, 2.05) is 0 Å². The minimum Gasteiger partial charge on any atom is -0.0798 e. The third kappa shape index (κ3) is 1.54. The van der Waals surface area contributed by atoms with Crippen LogP contribution in [-0.4, -0.2) is 7.28 Å². The highest BCUT2D eigenvalue weighted by Gasteiger charge is 2.20. The van der Waals surface area contributed by atoms with Crippen LogP contribution in [0.2, 0.25) is 12.6 Å². The van der Waals surface area contributed by atoms with Crippen molar-refractivity contribution in [2.24, 2.45) is 5.41 Å². The first-order valence-electron chi connectivity index (χ1n) is 3.52. The van der Waals surface area contributed by atoms with E-state index in [2.05, 4.69) is 21.1 Å². The van der Waals surface area contributed by atoms with Gasteiger partial charge in [0.25, 0.3) is 0 Å². The van der Waals surface area contributed by atoms with Crippen molar-refractivity contribution in [1.82, 2.24) is 0 Å². The highest BCUT2D eigenvalue weighted by atomic mass is 14.2. The van der Waals surface area contributed by atoms with Gasteiger partial charge in [-0.3, -0.25) is 0 Å². The Balaban J connectivity index is 2.33. The maximum atomic E-state index is 2.41. The Morgan fingerprint density at radius 3 is 1.88 bits per heavy atom. The first-order valence-corrected chi connectivity index (χ1v) is 3.52. The molecular formula is C7H14B. The van der Waals surface area contributed by atoms with Crippen LogP contribution in [0.3, 0.4) is 0 Å². The van der Waals surface area contributed by atoms with Gasteiger partial charge in [-0.2, -0.15) is 0 Å². The van der Waals surface area contributed by atoms with Gasteiger partial charge in [-0.05, 0) is 5.41 Å². The fraction of sp³-hybridized carbons (Fsp3) is 1.00. The van der Waals surface area contributed by atoms with Crippen molar-refractivity contribution in [3.63, 3.8) is 0 Å². The third-order valence-corrected chi connectivity index (χ3v) is 2.05. The molecule has 0 spiro atoms. The van der Waals surface area contributed by atoms with Crippen LogP contribution in [0.15, 0.2) is 0 Å². The number of rotatable bonds is 0. The van der Waals surface area contributed by atoms with E-state index >= 15 is 0 Å². The fourth-order valence-corrected chi connectivity index (χ4v) is 1.25. The summed E-state index contributed by atoms with van der Waals surface area (Å²) in [6.45, 7) is 4.72. The van der Waals surface area contributed by atoms with Gasteiger partial charge in [-0.25, -0.2) is 0 Å². The van der Waals surface area contributed by atoms with Gasteiger partial charge in [0.1, 0.15) is 7.28 Å². The van der Waals surface area contributed by atoms with Gasteiger partial charge in [-0.1, -0.05) is 39.3 Å². The lowest BCUT2D eigenvalue weighted by Gasteiger charge is -2.28. The molecule has 0 N–H and O–H groups in total. The maximum absolute atomic E-state index is 2.41. The van der Waals surface area contributed by atoms with E-state index in [0.29, 0.717) is 5.41 Å². The molecule has 1 heterocycles. The van der Waals surface area contributed by atoms with E-state index in [9.17, 15) is 0 Å². The summed E-state index contributed by atoms with van der Waals surface area (Å²) >= 11 is 0. The van der Waals surface area contributed by atoms with Gasteiger partial charge >= 0.3 is 0 Å². The van der Waals surface area contributed by atoms with Gasteiger partial charge in [0.05, 0.1) is 0 Å². The Hall–Kier alpha value is 0.0649. The monoisotopic (exact) mass is 109 g/mol. The summed E-state index contributed by atoms with van der Waals surface area (Å²) in [7, 11) is 2.41. The lowest BCUT2D eigenvalue weighted by Crippen LogP contribution is -2.17. The fourth-order valence-electron chi connectivity index (χ4n) is 1.25. The molecule has 0 aromatic rings. The number of hydrogen-bond acceptors (Lipinski definition) is 0. The smallest absolute Gasteiger partial charge is 0.0798 e. The molecule has 0 saturated carbocycles. The second kappa shape index (κ2) is 2.12. The average Bonchev–Trinajstić information content (AvgIpc) is 1.65. The van der Waals surface area contributed by atoms with E-state index in [4.69, 9.17) is 0 Å². The molecule has 0 nitrogen and oxygen atoms in total. The van der Waals surface area contributed by atoms with Crippen LogP contribution in [0, 0.1) is 5.41 Å². The Morgan fingerprint density at radius 2 is 1.62 bits per heavy atom. The van der Waals surface area contributed by atoms with Crippen LogP contribution >= 0.6 is 0 Å². The zero-order valence-corrected chi connectivity index (χ0v) is 5.91. The first kappa shape index (κ1) is 6.19. The highest BCUT2D eigenvalue weighted by Crippen LogP contribution is 2.32. The molecule has 0 aromatic carbocycles. The molecule has 0 atom stereocenters. The van der Waals surface area contributed by atoms with Gasteiger partial charge in [-0.15, -0.1) is 0 Å². The van der Waals surface area contributed by atoms with Gasteiger partial charge in [0, 0.05) is 0 Å². The zero-order chi connectivity index (χ0) is 6.04. The van der Waals surface area contributed by atoms with Crippen molar-refractivity contribution >= 4 is 7.28 Å². The Labute approximate surface area is 52.9 Å². The van der Waals surface area contributed by atoms with E-state index in [-0.39, 0.29) is 0 Å². The van der Waals surface area contributed by atoms with Gasteiger partial charge in [0.2, 0.25) is 0 Å². The zero-order valence-electron chi connectivity index (χ0n) is 5.91. The summed E-state index contributed by atoms with van der Waals surface area (Å²) in [5.74, 6) is 0. The van der Waals surface area contributed by atoms with Crippen LogP contribution in [0.4, 0.5) is 0 Å². The molecule has 1 aliphatic heterocycles. The Kier molecular flexibility index (Phi) is 1.64. The van der Waals surface area contributed by atoms with E-state index in [1.165, 1.54) is 25.5 Å². The Morgan fingerprint density at radius 1 is 1.12 bits per heavy atom. The molecule has 0 aliphatic carbocycles. The van der Waals surface area contributed by atoms with Crippen LogP contribution in [0.5, 0.6) is 0 Å². The lowest BCUT2D eigenvalue weighted by molar-refractivity contribution is 0.325. The van der Waals surface area contributed by atoms with Crippen molar-refractivity contribution in [2.75, 3.05) is 0 Å². The summed E-state index contributed by atoms with van der Waals surface area (Å²) in [5.41, 5.74) is 0.648. The summed E-state index contributed by atoms with van der Waals surface area (Å²) < 4.78 is 0. The second-order valence-corrected chi connectivity index (χ2v) is 3.53. The van der Waals surface area contributed by atoms with Crippen LogP contribution in [0.1, 0.15) is 26.7 Å².